The van der Waals surface area contributed by atoms with Crippen molar-refractivity contribution in [1.29, 1.82) is 0 Å². The third-order valence-corrected chi connectivity index (χ3v) is 4.92. The number of nitrogens with one attached hydrogen (secondary N) is 2. The maximum Gasteiger partial charge on any atom is 0.271 e. The van der Waals surface area contributed by atoms with Crippen LogP contribution in [0.3, 0.4) is 0 Å². The largest absolute Gasteiger partial charge is 0.504 e. The smallest absolute Gasteiger partial charge is 0.271 e. The van der Waals surface area contributed by atoms with Crippen molar-refractivity contribution in [2.75, 3.05) is 5.32 Å². The Morgan fingerprint density at radius 2 is 1.56 bits per heavy atom. The van der Waals surface area contributed by atoms with Crippen molar-refractivity contribution in [2.24, 2.45) is 5.10 Å². The summed E-state index contributed by atoms with van der Waals surface area (Å²) < 4.78 is 0. The van der Waals surface area contributed by atoms with E-state index < -0.39 is 29.1 Å². The first kappa shape index (κ1) is 22.9. The highest BCUT2D eigenvalue weighted by molar-refractivity contribution is 6.37. The number of carbonyl (C=O) groups excluding carboxylic acids is 2. The Morgan fingerprint density at radius 1 is 0.875 bits per heavy atom. The number of carbonyl (C=O) groups is 2. The Morgan fingerprint density at radius 3 is 2.22 bits per heavy atom. The number of phenolic OH excluding ortho intramolecular Hbond substituents is 3. The molecule has 0 atom stereocenters. The highest BCUT2D eigenvalue weighted by atomic mass is 35.5. The summed E-state index contributed by atoms with van der Waals surface area (Å²) >= 11 is 11.9. The van der Waals surface area contributed by atoms with Gasteiger partial charge in [0.2, 0.25) is 0 Å². The van der Waals surface area contributed by atoms with Gasteiger partial charge in [0.25, 0.3) is 11.8 Å². The average Bonchev–Trinajstić information content (AvgIpc) is 2.75. The topological polar surface area (TPSA) is 131 Å². The van der Waals surface area contributed by atoms with Gasteiger partial charge in [-0.05, 0) is 55.0 Å². The van der Waals surface area contributed by atoms with Crippen LogP contribution in [-0.4, -0.2) is 32.8 Å². The predicted octanol–water partition coefficient (Wildman–Crippen LogP) is 4.52. The van der Waals surface area contributed by atoms with Crippen LogP contribution in [0.5, 0.6) is 17.2 Å². The summed E-state index contributed by atoms with van der Waals surface area (Å²) in [4.78, 5) is 24.7. The summed E-state index contributed by atoms with van der Waals surface area (Å²) in [6.45, 7) is 1.64. The van der Waals surface area contributed by atoms with E-state index in [1.807, 2.05) is 0 Å². The maximum atomic E-state index is 12.5. The second kappa shape index (κ2) is 9.59. The summed E-state index contributed by atoms with van der Waals surface area (Å²) in [5, 5.41) is 35.8. The number of rotatable bonds is 5. The molecule has 0 aliphatic carbocycles. The van der Waals surface area contributed by atoms with Crippen LogP contribution in [0, 0.1) is 0 Å². The predicted molar refractivity (Wildman–Crippen MR) is 122 cm³/mol. The zero-order valence-corrected chi connectivity index (χ0v) is 18.1. The Hall–Kier alpha value is -3.75. The van der Waals surface area contributed by atoms with E-state index in [1.54, 1.807) is 37.3 Å². The van der Waals surface area contributed by atoms with Crippen LogP contribution in [0.2, 0.25) is 10.0 Å². The average molecular weight is 474 g/mol. The highest BCUT2D eigenvalue weighted by Crippen LogP contribution is 2.35. The molecule has 3 aromatic rings. The standard InChI is InChI=1S/C22H17Cl2N3O5/c1-11(26-27-21(31)13-8-18(28)20(30)19(29)9-13)12-3-2-4-15(7-12)25-22(32)16-6-5-14(23)10-17(16)24/h2-10,28-30H,1H3,(H,25,32)(H,27,31)/b26-11-. The zero-order valence-electron chi connectivity index (χ0n) is 16.6. The SMILES string of the molecule is C/C(=N/NC(=O)c1cc(O)c(O)c(O)c1)c1cccc(NC(=O)c2ccc(Cl)cc2Cl)c1. The van der Waals surface area contributed by atoms with Gasteiger partial charge in [-0.2, -0.15) is 5.10 Å². The molecule has 8 nitrogen and oxygen atoms in total. The Bertz CT molecular complexity index is 1220. The van der Waals surface area contributed by atoms with Crippen molar-refractivity contribution < 1.29 is 24.9 Å². The molecule has 10 heteroatoms. The summed E-state index contributed by atoms with van der Waals surface area (Å²) in [6.07, 6.45) is 0. The lowest BCUT2D eigenvalue weighted by Gasteiger charge is -2.09. The Kier molecular flexibility index (Phi) is 6.87. The summed E-state index contributed by atoms with van der Waals surface area (Å²) in [7, 11) is 0. The molecule has 0 aromatic heterocycles. The molecule has 0 saturated carbocycles. The monoisotopic (exact) mass is 473 g/mol. The number of anilines is 1. The van der Waals surface area contributed by atoms with Crippen LogP contribution in [-0.2, 0) is 0 Å². The minimum atomic E-state index is -0.722. The van der Waals surface area contributed by atoms with Crippen molar-refractivity contribution in [3.05, 3.63) is 81.3 Å². The molecule has 0 fully saturated rings. The van der Waals surface area contributed by atoms with Crippen molar-refractivity contribution in [3.8, 4) is 17.2 Å². The fourth-order valence-electron chi connectivity index (χ4n) is 2.69. The first-order valence-corrected chi connectivity index (χ1v) is 9.87. The van der Waals surface area contributed by atoms with E-state index in [0.717, 1.165) is 12.1 Å². The van der Waals surface area contributed by atoms with Gasteiger partial charge in [0.1, 0.15) is 0 Å². The molecular formula is C22H17Cl2N3O5. The minimum Gasteiger partial charge on any atom is -0.504 e. The normalized spacial score (nSPS) is 11.2. The molecule has 0 aliphatic rings. The second-order valence-electron chi connectivity index (χ2n) is 6.66. The number of amides is 2. The quantitative estimate of drug-likeness (QED) is 0.211. The number of nitrogens with zero attached hydrogens (tertiary/aromatic N) is 1. The lowest BCUT2D eigenvalue weighted by molar-refractivity contribution is 0.0953. The van der Waals surface area contributed by atoms with Crippen molar-refractivity contribution in [1.82, 2.24) is 5.43 Å². The van der Waals surface area contributed by atoms with Crippen molar-refractivity contribution >= 4 is 46.4 Å². The molecule has 0 radical (unpaired) electrons. The van der Waals surface area contributed by atoms with Gasteiger partial charge in [0.05, 0.1) is 16.3 Å². The van der Waals surface area contributed by atoms with Crippen molar-refractivity contribution in [2.45, 2.75) is 6.92 Å². The molecule has 0 spiro atoms. The van der Waals surface area contributed by atoms with Gasteiger partial charge in [-0.25, -0.2) is 5.43 Å². The van der Waals surface area contributed by atoms with Crippen molar-refractivity contribution in [3.63, 3.8) is 0 Å². The number of hydrogen-bond donors (Lipinski definition) is 5. The minimum absolute atomic E-state index is 0.102. The molecule has 0 aliphatic heterocycles. The van der Waals surface area contributed by atoms with E-state index >= 15 is 0 Å². The van der Waals surface area contributed by atoms with E-state index in [1.165, 1.54) is 12.1 Å². The zero-order chi connectivity index (χ0) is 23.4. The van der Waals surface area contributed by atoms with Gasteiger partial charge in [0, 0.05) is 16.3 Å². The molecular weight excluding hydrogens is 457 g/mol. The fraction of sp³-hybridized carbons (Fsp3) is 0.0455. The van der Waals surface area contributed by atoms with E-state index in [4.69, 9.17) is 23.2 Å². The Labute approximate surface area is 192 Å². The number of aromatic hydroxyl groups is 3. The van der Waals surface area contributed by atoms with Crippen LogP contribution in [0.4, 0.5) is 5.69 Å². The summed E-state index contributed by atoms with van der Waals surface area (Å²) in [6, 6.07) is 13.3. The number of hydrogen-bond acceptors (Lipinski definition) is 6. The lowest BCUT2D eigenvalue weighted by Crippen LogP contribution is -2.19. The van der Waals surface area contributed by atoms with E-state index in [9.17, 15) is 24.9 Å². The molecule has 5 N–H and O–H groups in total. The number of halogens is 2. The molecule has 164 valence electrons. The molecule has 0 heterocycles. The molecule has 3 aromatic carbocycles. The van der Waals surface area contributed by atoms with Gasteiger partial charge in [0.15, 0.2) is 17.2 Å². The number of benzene rings is 3. The van der Waals surface area contributed by atoms with Crippen LogP contribution < -0.4 is 10.7 Å². The molecule has 3 rings (SSSR count). The van der Waals surface area contributed by atoms with Gasteiger partial charge in [-0.1, -0.05) is 35.3 Å². The van der Waals surface area contributed by atoms with Crippen LogP contribution in [0.25, 0.3) is 0 Å². The van der Waals surface area contributed by atoms with Crippen LogP contribution in [0.15, 0.2) is 59.7 Å². The molecule has 0 unspecified atom stereocenters. The first-order valence-electron chi connectivity index (χ1n) is 9.12. The molecule has 0 saturated heterocycles. The third-order valence-electron chi connectivity index (χ3n) is 4.37. The van der Waals surface area contributed by atoms with Crippen LogP contribution in [0.1, 0.15) is 33.2 Å². The Balaban J connectivity index is 1.73. The first-order chi connectivity index (χ1) is 15.2. The van der Waals surface area contributed by atoms with Gasteiger partial charge in [-0.3, -0.25) is 9.59 Å². The summed E-state index contributed by atoms with van der Waals surface area (Å²) in [5.74, 6) is -3.13. The van der Waals surface area contributed by atoms with Gasteiger partial charge >= 0.3 is 0 Å². The number of hydrazone groups is 1. The third kappa shape index (κ3) is 5.29. The van der Waals surface area contributed by atoms with Crippen LogP contribution >= 0.6 is 23.2 Å². The second-order valence-corrected chi connectivity index (χ2v) is 7.50. The van der Waals surface area contributed by atoms with E-state index in [-0.39, 0.29) is 16.1 Å². The molecule has 0 bridgehead atoms. The number of phenols is 3. The van der Waals surface area contributed by atoms with Gasteiger partial charge < -0.3 is 20.6 Å². The fourth-order valence-corrected chi connectivity index (χ4v) is 3.19. The van der Waals surface area contributed by atoms with Gasteiger partial charge in [-0.15, -0.1) is 0 Å². The molecule has 2 amide bonds. The lowest BCUT2D eigenvalue weighted by atomic mass is 10.1. The maximum absolute atomic E-state index is 12.5. The van der Waals surface area contributed by atoms with E-state index in [2.05, 4.69) is 15.8 Å². The summed E-state index contributed by atoms with van der Waals surface area (Å²) in [5.41, 5.74) is 3.97. The highest BCUT2D eigenvalue weighted by Gasteiger charge is 2.14. The van der Waals surface area contributed by atoms with E-state index in [0.29, 0.717) is 22.0 Å². The molecule has 32 heavy (non-hydrogen) atoms.